The number of benzene rings is 5. The van der Waals surface area contributed by atoms with E-state index in [1.807, 2.05) is 0 Å². The van der Waals surface area contributed by atoms with Gasteiger partial charge >= 0.3 is 0 Å². The van der Waals surface area contributed by atoms with Crippen molar-refractivity contribution in [3.8, 4) is 44.5 Å². The summed E-state index contributed by atoms with van der Waals surface area (Å²) >= 11 is 0. The molecule has 2 nitrogen and oxygen atoms in total. The number of aryl methyl sites for hydroxylation is 1. The quantitative estimate of drug-likeness (QED) is 0.246. The Labute approximate surface area is 218 Å². The van der Waals surface area contributed by atoms with Crippen molar-refractivity contribution in [2.75, 3.05) is 9.80 Å². The molecule has 2 heteroatoms. The summed E-state index contributed by atoms with van der Waals surface area (Å²) in [6.07, 6.45) is 4.59. The highest BCUT2D eigenvalue weighted by molar-refractivity contribution is 6.07. The van der Waals surface area contributed by atoms with Gasteiger partial charge in [-0.15, -0.1) is 0 Å². The monoisotopic (exact) mass is 476 g/mol. The van der Waals surface area contributed by atoms with Gasteiger partial charge in [0.15, 0.2) is 0 Å². The minimum absolute atomic E-state index is 0.146. The summed E-state index contributed by atoms with van der Waals surface area (Å²) in [6.45, 7) is 4.52. The van der Waals surface area contributed by atoms with E-state index in [1.54, 1.807) is 0 Å². The smallest absolute Gasteiger partial charge is 0.107 e. The highest BCUT2D eigenvalue weighted by Gasteiger charge is 2.31. The van der Waals surface area contributed by atoms with Crippen LogP contribution in [0.1, 0.15) is 12.5 Å². The number of anilines is 2. The molecule has 0 N–H and O–H groups in total. The van der Waals surface area contributed by atoms with Gasteiger partial charge in [0.25, 0.3) is 0 Å². The van der Waals surface area contributed by atoms with Crippen LogP contribution in [0.2, 0.25) is 0 Å². The molecule has 0 unspecified atom stereocenters. The van der Waals surface area contributed by atoms with Crippen molar-refractivity contribution < 1.29 is 0 Å². The van der Waals surface area contributed by atoms with Crippen LogP contribution >= 0.6 is 0 Å². The lowest BCUT2D eigenvalue weighted by molar-refractivity contribution is 0.749. The number of hydrogen-bond donors (Lipinski definition) is 0. The lowest BCUT2D eigenvalue weighted by Gasteiger charge is -2.34. The van der Waals surface area contributed by atoms with E-state index in [9.17, 15) is 0 Å². The van der Waals surface area contributed by atoms with Crippen LogP contribution in [0.5, 0.6) is 0 Å². The van der Waals surface area contributed by atoms with E-state index in [2.05, 4.69) is 151 Å². The molecule has 0 fully saturated rings. The normalized spacial score (nSPS) is 15.4. The minimum atomic E-state index is 0.146. The maximum absolute atomic E-state index is 2.44. The van der Waals surface area contributed by atoms with Crippen LogP contribution in [0.25, 0.3) is 44.5 Å². The molecule has 0 saturated heterocycles. The zero-order valence-electron chi connectivity index (χ0n) is 21.1. The Morgan fingerprint density at radius 1 is 0.459 bits per heavy atom. The highest BCUT2D eigenvalue weighted by atomic mass is 15.4. The van der Waals surface area contributed by atoms with Gasteiger partial charge in [-0.3, -0.25) is 0 Å². The van der Waals surface area contributed by atoms with Gasteiger partial charge in [0.05, 0.1) is 5.69 Å². The maximum atomic E-state index is 2.44. The van der Waals surface area contributed by atoms with Crippen LogP contribution < -0.4 is 9.80 Å². The van der Waals surface area contributed by atoms with Crippen molar-refractivity contribution in [3.05, 3.63) is 133 Å². The second kappa shape index (κ2) is 8.53. The second-order valence-corrected chi connectivity index (χ2v) is 9.87. The summed E-state index contributed by atoms with van der Waals surface area (Å²) in [5.41, 5.74) is 14.0. The Morgan fingerprint density at radius 2 is 0.919 bits per heavy atom. The largest absolute Gasteiger partial charge is 0.326 e. The molecule has 0 amide bonds. The molecule has 0 saturated carbocycles. The third-order valence-electron chi connectivity index (χ3n) is 7.81. The van der Waals surface area contributed by atoms with Gasteiger partial charge in [0.2, 0.25) is 0 Å². The van der Waals surface area contributed by atoms with Crippen LogP contribution in [0.3, 0.4) is 0 Å². The van der Waals surface area contributed by atoms with E-state index in [0.29, 0.717) is 0 Å². The fourth-order valence-corrected chi connectivity index (χ4v) is 6.06. The van der Waals surface area contributed by atoms with Crippen molar-refractivity contribution in [3.63, 3.8) is 0 Å². The van der Waals surface area contributed by atoms with E-state index in [1.165, 1.54) is 61.4 Å². The number of rotatable bonds is 2. The van der Waals surface area contributed by atoms with E-state index >= 15 is 0 Å². The standard InChI is InChI=1S/C35H28N2/c1-24-20-21-33-31-18-9-8-16-29(31)27-14-6-7-15-28(27)30-17-10-11-19-32(30)34(33)35(24)37-23-22-36(25(37)2)26-12-4-3-5-13-26/h3-23,25H,1-2H3/t25-/m0/s1. The van der Waals surface area contributed by atoms with Crippen molar-refractivity contribution in [2.45, 2.75) is 20.0 Å². The van der Waals surface area contributed by atoms with Gasteiger partial charge in [-0.05, 0) is 70.5 Å². The van der Waals surface area contributed by atoms with Crippen LogP contribution in [0, 0.1) is 6.92 Å². The Hall–Kier alpha value is -4.56. The first-order valence-electron chi connectivity index (χ1n) is 12.9. The molecule has 5 aromatic rings. The molecule has 1 aliphatic carbocycles. The van der Waals surface area contributed by atoms with Crippen LogP contribution in [-0.4, -0.2) is 6.17 Å². The average Bonchev–Trinajstić information content (AvgIpc) is 3.33. The first-order chi connectivity index (χ1) is 18.2. The molecule has 0 radical (unpaired) electrons. The molecule has 178 valence electrons. The lowest BCUT2D eigenvalue weighted by atomic mass is 9.79. The van der Waals surface area contributed by atoms with Gasteiger partial charge in [-0.25, -0.2) is 0 Å². The average molecular weight is 477 g/mol. The number of para-hydroxylation sites is 1. The third-order valence-corrected chi connectivity index (χ3v) is 7.81. The first kappa shape index (κ1) is 21.7. The van der Waals surface area contributed by atoms with E-state index in [0.717, 1.165) is 0 Å². The van der Waals surface area contributed by atoms with E-state index in [4.69, 9.17) is 0 Å². The first-order valence-corrected chi connectivity index (χ1v) is 12.9. The zero-order valence-corrected chi connectivity index (χ0v) is 21.1. The number of fused-ring (bicyclic) bond motifs is 8. The summed E-state index contributed by atoms with van der Waals surface area (Å²) in [5, 5.41) is 0. The van der Waals surface area contributed by atoms with Crippen molar-refractivity contribution >= 4 is 11.4 Å². The Kier molecular flexibility index (Phi) is 5.00. The molecule has 1 heterocycles. The Morgan fingerprint density at radius 3 is 1.51 bits per heavy atom. The minimum Gasteiger partial charge on any atom is -0.326 e. The Bertz CT molecular complexity index is 1660. The number of hydrogen-bond acceptors (Lipinski definition) is 2. The molecule has 1 aliphatic heterocycles. The van der Waals surface area contributed by atoms with Crippen molar-refractivity contribution in [2.24, 2.45) is 0 Å². The third kappa shape index (κ3) is 3.33. The SMILES string of the molecule is Cc1ccc2c(c1N1C=CN(c3ccccc3)[C@@H]1C)-c1ccccc1-c1ccccc1-c1ccccc1-2. The van der Waals surface area contributed by atoms with Gasteiger partial charge in [-0.1, -0.05) is 103 Å². The summed E-state index contributed by atoms with van der Waals surface area (Å²) in [5.74, 6) is 0. The fourth-order valence-electron chi connectivity index (χ4n) is 6.06. The molecule has 0 spiro atoms. The molecule has 2 aliphatic rings. The lowest BCUT2D eigenvalue weighted by Crippen LogP contribution is -2.36. The zero-order chi connectivity index (χ0) is 24.9. The summed E-state index contributed by atoms with van der Waals surface area (Å²) in [6, 6.07) is 41.8. The molecule has 37 heavy (non-hydrogen) atoms. The number of nitrogens with zero attached hydrogens (tertiary/aromatic N) is 2. The van der Waals surface area contributed by atoms with Crippen molar-refractivity contribution in [1.82, 2.24) is 0 Å². The van der Waals surface area contributed by atoms with Crippen LogP contribution in [0.4, 0.5) is 11.4 Å². The molecular weight excluding hydrogens is 448 g/mol. The highest BCUT2D eigenvalue weighted by Crippen LogP contribution is 2.52. The topological polar surface area (TPSA) is 6.48 Å². The molecule has 0 aromatic heterocycles. The Balaban J connectivity index is 1.52. The fraction of sp³-hybridized carbons (Fsp3) is 0.0857. The predicted molar refractivity (Wildman–Crippen MR) is 156 cm³/mol. The molecular formula is C35H28N2. The van der Waals surface area contributed by atoms with Gasteiger partial charge in [0, 0.05) is 23.7 Å². The molecule has 5 aromatic carbocycles. The van der Waals surface area contributed by atoms with Gasteiger partial charge in [-0.2, -0.15) is 0 Å². The van der Waals surface area contributed by atoms with Crippen molar-refractivity contribution in [1.29, 1.82) is 0 Å². The summed E-state index contributed by atoms with van der Waals surface area (Å²) in [4.78, 5) is 4.78. The van der Waals surface area contributed by atoms with E-state index < -0.39 is 0 Å². The maximum Gasteiger partial charge on any atom is 0.107 e. The van der Waals surface area contributed by atoms with Crippen LogP contribution in [-0.2, 0) is 0 Å². The van der Waals surface area contributed by atoms with Crippen LogP contribution in [0.15, 0.2) is 128 Å². The van der Waals surface area contributed by atoms with E-state index in [-0.39, 0.29) is 6.17 Å². The molecule has 7 rings (SSSR count). The predicted octanol–water partition coefficient (Wildman–Crippen LogP) is 9.12. The van der Waals surface area contributed by atoms with Gasteiger partial charge in [0.1, 0.15) is 6.17 Å². The molecule has 0 bridgehead atoms. The van der Waals surface area contributed by atoms with Gasteiger partial charge < -0.3 is 9.80 Å². The molecule has 1 atom stereocenters. The summed E-state index contributed by atoms with van der Waals surface area (Å²) < 4.78 is 0. The second-order valence-electron chi connectivity index (χ2n) is 9.87. The summed E-state index contributed by atoms with van der Waals surface area (Å²) in [7, 11) is 0.